The fourth-order valence-corrected chi connectivity index (χ4v) is 4.41. The lowest BCUT2D eigenvalue weighted by Crippen LogP contribution is -2.38. The summed E-state index contributed by atoms with van der Waals surface area (Å²) in [5.41, 5.74) is 0.749. The van der Waals surface area contributed by atoms with Crippen LogP contribution in [0.2, 0.25) is 0 Å². The Bertz CT molecular complexity index is 766. The Labute approximate surface area is 156 Å². The van der Waals surface area contributed by atoms with Crippen LogP contribution in [0.1, 0.15) is 17.0 Å². The molecule has 136 valence electrons. The maximum Gasteiger partial charge on any atom is 0.228 e. The van der Waals surface area contributed by atoms with Gasteiger partial charge in [-0.2, -0.15) is 0 Å². The number of carbonyl (C=O) groups is 2. The summed E-state index contributed by atoms with van der Waals surface area (Å²) in [5.74, 6) is -0.337. The van der Waals surface area contributed by atoms with Crippen molar-refractivity contribution in [2.45, 2.75) is 31.5 Å². The van der Waals surface area contributed by atoms with Crippen LogP contribution >= 0.6 is 11.3 Å². The van der Waals surface area contributed by atoms with Crippen molar-refractivity contribution in [1.29, 1.82) is 0 Å². The Kier molecular flexibility index (Phi) is 4.99. The summed E-state index contributed by atoms with van der Waals surface area (Å²) >= 11 is 1.62. The molecule has 0 bridgehead atoms. The van der Waals surface area contributed by atoms with Gasteiger partial charge in [0.25, 0.3) is 0 Å². The van der Waals surface area contributed by atoms with E-state index in [0.717, 1.165) is 17.0 Å². The number of rotatable bonds is 5. The van der Waals surface area contributed by atoms with E-state index in [2.05, 4.69) is 10.3 Å². The van der Waals surface area contributed by atoms with Gasteiger partial charge in [-0.3, -0.25) is 14.6 Å². The highest BCUT2D eigenvalue weighted by molar-refractivity contribution is 7.09. The third-order valence-electron chi connectivity index (χ3n) is 5.03. The molecule has 0 unspecified atom stereocenters. The lowest BCUT2D eigenvalue weighted by Gasteiger charge is -2.22. The van der Waals surface area contributed by atoms with Gasteiger partial charge in [-0.1, -0.05) is 12.1 Å². The summed E-state index contributed by atoms with van der Waals surface area (Å²) in [4.78, 5) is 32.6. The molecule has 0 spiro atoms. The molecule has 4 rings (SSSR count). The first-order valence-electron chi connectivity index (χ1n) is 8.83. The van der Waals surface area contributed by atoms with Crippen LogP contribution in [0.5, 0.6) is 0 Å². The number of aromatic nitrogens is 1. The van der Waals surface area contributed by atoms with Gasteiger partial charge in [-0.05, 0) is 30.0 Å². The molecule has 4 heterocycles. The SMILES string of the molecule is O=C(NCc1cccs1)[C@@H]1CN(C(=O)Cc2ccccn2)[C@@H]2CCO[C@@H]21. The number of pyridine rings is 1. The van der Waals surface area contributed by atoms with E-state index in [-0.39, 0.29) is 36.3 Å². The highest BCUT2D eigenvalue weighted by Crippen LogP contribution is 2.34. The highest BCUT2D eigenvalue weighted by atomic mass is 32.1. The minimum absolute atomic E-state index is 0.0105. The minimum atomic E-state index is -0.310. The van der Waals surface area contributed by atoms with Crippen LogP contribution in [0.15, 0.2) is 41.9 Å². The quantitative estimate of drug-likeness (QED) is 0.867. The van der Waals surface area contributed by atoms with Crippen molar-refractivity contribution >= 4 is 23.2 Å². The van der Waals surface area contributed by atoms with Crippen LogP contribution in [0, 0.1) is 5.92 Å². The number of fused-ring (bicyclic) bond motifs is 1. The Balaban J connectivity index is 1.41. The summed E-state index contributed by atoms with van der Waals surface area (Å²) in [6, 6.07) is 9.51. The van der Waals surface area contributed by atoms with Gasteiger partial charge in [0.05, 0.1) is 31.0 Å². The van der Waals surface area contributed by atoms with Gasteiger partial charge in [-0.15, -0.1) is 11.3 Å². The predicted molar refractivity (Wildman–Crippen MR) is 97.5 cm³/mol. The van der Waals surface area contributed by atoms with Gasteiger partial charge in [-0.25, -0.2) is 0 Å². The Hall–Kier alpha value is -2.25. The second kappa shape index (κ2) is 7.55. The molecular formula is C19H21N3O3S. The van der Waals surface area contributed by atoms with Crippen LogP contribution in [-0.2, 0) is 27.3 Å². The summed E-state index contributed by atoms with van der Waals surface area (Å²) < 4.78 is 5.81. The molecule has 0 radical (unpaired) electrons. The van der Waals surface area contributed by atoms with E-state index in [9.17, 15) is 9.59 Å². The first-order chi connectivity index (χ1) is 12.7. The molecular weight excluding hydrogens is 350 g/mol. The topological polar surface area (TPSA) is 71.5 Å². The second-order valence-corrected chi connectivity index (χ2v) is 7.67. The number of hydrogen-bond donors (Lipinski definition) is 1. The van der Waals surface area contributed by atoms with Crippen molar-refractivity contribution in [1.82, 2.24) is 15.2 Å². The van der Waals surface area contributed by atoms with E-state index in [4.69, 9.17) is 4.74 Å². The van der Waals surface area contributed by atoms with Gasteiger partial charge in [0.1, 0.15) is 0 Å². The smallest absolute Gasteiger partial charge is 0.228 e. The fourth-order valence-electron chi connectivity index (χ4n) is 3.77. The van der Waals surface area contributed by atoms with Crippen LogP contribution in [-0.4, -0.2) is 47.0 Å². The molecule has 7 heteroatoms. The Morgan fingerprint density at radius 2 is 2.23 bits per heavy atom. The zero-order valence-corrected chi connectivity index (χ0v) is 15.2. The average Bonchev–Trinajstić information content (AvgIpc) is 3.38. The van der Waals surface area contributed by atoms with Crippen LogP contribution in [0.25, 0.3) is 0 Å². The lowest BCUT2D eigenvalue weighted by atomic mass is 10.0. The normalized spacial score (nSPS) is 24.5. The van der Waals surface area contributed by atoms with Crippen LogP contribution in [0.3, 0.4) is 0 Å². The molecule has 26 heavy (non-hydrogen) atoms. The molecule has 2 aromatic rings. The largest absolute Gasteiger partial charge is 0.375 e. The summed E-state index contributed by atoms with van der Waals surface area (Å²) in [5, 5.41) is 4.98. The number of ether oxygens (including phenoxy) is 1. The number of thiophene rings is 1. The number of amides is 2. The van der Waals surface area contributed by atoms with E-state index < -0.39 is 0 Å². The van der Waals surface area contributed by atoms with Gasteiger partial charge in [0, 0.05) is 29.9 Å². The molecule has 3 atom stereocenters. The third-order valence-corrected chi connectivity index (χ3v) is 5.90. The van der Waals surface area contributed by atoms with E-state index in [0.29, 0.717) is 19.7 Å². The van der Waals surface area contributed by atoms with Crippen molar-refractivity contribution in [2.75, 3.05) is 13.2 Å². The molecule has 0 aliphatic carbocycles. The first kappa shape index (κ1) is 17.2. The number of nitrogens with one attached hydrogen (secondary N) is 1. The second-order valence-electron chi connectivity index (χ2n) is 6.64. The monoisotopic (exact) mass is 371 g/mol. The van der Waals surface area contributed by atoms with Gasteiger partial charge in [0.15, 0.2) is 0 Å². The Morgan fingerprint density at radius 3 is 3.00 bits per heavy atom. The van der Waals surface area contributed by atoms with Crippen molar-refractivity contribution in [3.63, 3.8) is 0 Å². The van der Waals surface area contributed by atoms with Crippen molar-refractivity contribution < 1.29 is 14.3 Å². The van der Waals surface area contributed by atoms with Crippen LogP contribution in [0.4, 0.5) is 0 Å². The summed E-state index contributed by atoms with van der Waals surface area (Å²) in [6.07, 6.45) is 2.53. The van der Waals surface area contributed by atoms with Crippen molar-refractivity contribution in [2.24, 2.45) is 5.92 Å². The maximum absolute atomic E-state index is 12.8. The van der Waals surface area contributed by atoms with Crippen LogP contribution < -0.4 is 5.32 Å². The van der Waals surface area contributed by atoms with E-state index in [1.807, 2.05) is 40.6 Å². The standard InChI is InChI=1S/C19H21N3O3S/c23-17(10-13-4-1-2-7-20-13)22-12-15(18-16(22)6-8-25-18)19(24)21-11-14-5-3-9-26-14/h1-5,7,9,15-16,18H,6,8,10-12H2,(H,21,24)/t15-,16-,18-/m1/s1. The van der Waals surface area contributed by atoms with Gasteiger partial charge >= 0.3 is 0 Å². The molecule has 2 amide bonds. The van der Waals surface area contributed by atoms with Crippen molar-refractivity contribution in [3.05, 3.63) is 52.5 Å². The third kappa shape index (κ3) is 3.50. The molecule has 2 aliphatic rings. The Morgan fingerprint density at radius 1 is 1.31 bits per heavy atom. The summed E-state index contributed by atoms with van der Waals surface area (Å²) in [6.45, 7) is 1.53. The molecule has 0 saturated carbocycles. The van der Waals surface area contributed by atoms with Gasteiger partial charge < -0.3 is 15.0 Å². The fraction of sp³-hybridized carbons (Fsp3) is 0.421. The minimum Gasteiger partial charge on any atom is -0.375 e. The van der Waals surface area contributed by atoms with Gasteiger partial charge in [0.2, 0.25) is 11.8 Å². The molecule has 6 nitrogen and oxygen atoms in total. The molecule has 2 aliphatic heterocycles. The van der Waals surface area contributed by atoms with E-state index in [1.165, 1.54) is 0 Å². The highest BCUT2D eigenvalue weighted by Gasteiger charge is 2.50. The number of hydrogen-bond acceptors (Lipinski definition) is 5. The zero-order chi connectivity index (χ0) is 17.9. The first-order valence-corrected chi connectivity index (χ1v) is 9.71. The van der Waals surface area contributed by atoms with Crippen molar-refractivity contribution in [3.8, 4) is 0 Å². The molecule has 1 N–H and O–H groups in total. The average molecular weight is 371 g/mol. The lowest BCUT2D eigenvalue weighted by molar-refractivity contribution is -0.131. The zero-order valence-electron chi connectivity index (χ0n) is 14.3. The van der Waals surface area contributed by atoms with E-state index >= 15 is 0 Å². The predicted octanol–water partition coefficient (Wildman–Crippen LogP) is 1.62. The molecule has 0 aromatic carbocycles. The molecule has 2 aromatic heterocycles. The molecule has 2 saturated heterocycles. The number of carbonyl (C=O) groups excluding carboxylic acids is 2. The maximum atomic E-state index is 12.8. The van der Waals surface area contributed by atoms with E-state index in [1.54, 1.807) is 17.5 Å². The molecule has 2 fully saturated rings. The number of likely N-dealkylation sites (tertiary alicyclic amines) is 1. The number of nitrogens with zero attached hydrogens (tertiary/aromatic N) is 2. The summed E-state index contributed by atoms with van der Waals surface area (Å²) in [7, 11) is 0.